The van der Waals surface area contributed by atoms with Crippen LogP contribution in [0.2, 0.25) is 0 Å². The van der Waals surface area contributed by atoms with Gasteiger partial charge in [0, 0.05) is 0 Å². The molecule has 0 aromatic carbocycles. The summed E-state index contributed by atoms with van der Waals surface area (Å²) < 4.78 is 4.48. The van der Waals surface area contributed by atoms with E-state index < -0.39 is 17.3 Å². The lowest BCUT2D eigenvalue weighted by molar-refractivity contribution is -0.142. The van der Waals surface area contributed by atoms with Gasteiger partial charge in [0.2, 0.25) is 0 Å². The lowest BCUT2D eigenvalue weighted by Gasteiger charge is -2.13. The largest absolute Gasteiger partial charge is 0.467 e. The van der Waals surface area contributed by atoms with Gasteiger partial charge < -0.3 is 10.1 Å². The summed E-state index contributed by atoms with van der Waals surface area (Å²) in [4.78, 5) is 21.5. The normalized spacial score (nSPS) is 11.9. The molecule has 70 valence electrons. The molecular weight excluding hydrogens is 178 g/mol. The van der Waals surface area contributed by atoms with Crippen LogP contribution in [0.25, 0.3) is 0 Å². The van der Waals surface area contributed by atoms with Crippen molar-refractivity contribution in [1.29, 1.82) is 0 Å². The Morgan fingerprint density at radius 2 is 2.17 bits per heavy atom. The van der Waals surface area contributed by atoms with E-state index in [-0.39, 0.29) is 0 Å². The SMILES string of the molecule is CCCC(NC(=O)S)C(=O)OC. The molecule has 0 aliphatic carbocycles. The molecule has 12 heavy (non-hydrogen) atoms. The second kappa shape index (κ2) is 5.88. The van der Waals surface area contributed by atoms with Crippen LogP contribution in [0.1, 0.15) is 19.8 Å². The standard InChI is InChI=1S/C7H13NO3S/c1-3-4-5(6(9)11-2)8-7(10)12/h5H,3-4H2,1-2H3,(H2,8,10,12). The molecule has 1 amide bonds. The minimum Gasteiger partial charge on any atom is -0.467 e. The first kappa shape index (κ1) is 11.3. The van der Waals surface area contributed by atoms with Crippen LogP contribution in [0, 0.1) is 0 Å². The van der Waals surface area contributed by atoms with Crippen LogP contribution in [-0.2, 0) is 9.53 Å². The second-order valence-electron chi connectivity index (χ2n) is 2.31. The Balaban J connectivity index is 4.02. The predicted molar refractivity (Wildman–Crippen MR) is 48.2 cm³/mol. The lowest BCUT2D eigenvalue weighted by atomic mass is 10.2. The first-order valence-corrected chi connectivity index (χ1v) is 4.13. The zero-order valence-electron chi connectivity index (χ0n) is 7.16. The first-order valence-electron chi connectivity index (χ1n) is 3.69. The number of carbonyl (C=O) groups is 2. The maximum absolute atomic E-state index is 11.0. The maximum atomic E-state index is 11.0. The Morgan fingerprint density at radius 3 is 2.50 bits per heavy atom. The molecule has 1 unspecified atom stereocenters. The Hall–Kier alpha value is -0.710. The van der Waals surface area contributed by atoms with Gasteiger partial charge >= 0.3 is 5.97 Å². The summed E-state index contributed by atoms with van der Waals surface area (Å²) in [6.07, 6.45) is 1.37. The number of ether oxygens (including phenoxy) is 1. The van der Waals surface area contributed by atoms with Crippen molar-refractivity contribution in [3.05, 3.63) is 0 Å². The average molecular weight is 191 g/mol. The monoisotopic (exact) mass is 191 g/mol. The fourth-order valence-corrected chi connectivity index (χ4v) is 0.985. The highest BCUT2D eigenvalue weighted by atomic mass is 32.1. The molecule has 5 heteroatoms. The van der Waals surface area contributed by atoms with Gasteiger partial charge in [-0.25, -0.2) is 4.79 Å². The Labute approximate surface area is 77.1 Å². The summed E-state index contributed by atoms with van der Waals surface area (Å²) in [5.74, 6) is -0.431. The van der Waals surface area contributed by atoms with Crippen molar-refractivity contribution in [3.63, 3.8) is 0 Å². The molecule has 1 N–H and O–H groups in total. The van der Waals surface area contributed by atoms with Gasteiger partial charge in [-0.2, -0.15) is 0 Å². The molecule has 0 aromatic rings. The summed E-state index contributed by atoms with van der Waals surface area (Å²) in [5.41, 5.74) is 0. The van der Waals surface area contributed by atoms with Crippen molar-refractivity contribution >= 4 is 23.8 Å². The van der Waals surface area contributed by atoms with Crippen molar-refractivity contribution in [1.82, 2.24) is 5.32 Å². The van der Waals surface area contributed by atoms with Crippen LogP contribution in [0.15, 0.2) is 0 Å². The van der Waals surface area contributed by atoms with E-state index in [0.717, 1.165) is 6.42 Å². The summed E-state index contributed by atoms with van der Waals surface area (Å²) in [6.45, 7) is 1.92. The Bertz CT molecular complexity index is 172. The second-order valence-corrected chi connectivity index (χ2v) is 2.72. The number of thiol groups is 1. The summed E-state index contributed by atoms with van der Waals surface area (Å²) in [5, 5.41) is 1.87. The molecule has 4 nitrogen and oxygen atoms in total. The number of esters is 1. The van der Waals surface area contributed by atoms with Gasteiger partial charge in [0.1, 0.15) is 6.04 Å². The number of amides is 1. The van der Waals surface area contributed by atoms with Crippen LogP contribution in [0.4, 0.5) is 4.79 Å². The zero-order chi connectivity index (χ0) is 9.56. The zero-order valence-corrected chi connectivity index (χ0v) is 8.06. The van der Waals surface area contributed by atoms with Gasteiger partial charge in [-0.15, -0.1) is 0 Å². The Kier molecular flexibility index (Phi) is 5.53. The smallest absolute Gasteiger partial charge is 0.328 e. The predicted octanol–water partition coefficient (Wildman–Crippen LogP) is 0.968. The van der Waals surface area contributed by atoms with Crippen LogP contribution >= 0.6 is 12.6 Å². The third-order valence-electron chi connectivity index (χ3n) is 1.36. The van der Waals surface area contributed by atoms with Crippen LogP contribution in [0.5, 0.6) is 0 Å². The fraction of sp³-hybridized carbons (Fsp3) is 0.714. The number of hydrogen-bond acceptors (Lipinski definition) is 3. The molecule has 0 heterocycles. The number of hydrogen-bond donors (Lipinski definition) is 2. The van der Waals surface area contributed by atoms with Gasteiger partial charge in [0.05, 0.1) is 7.11 Å². The van der Waals surface area contributed by atoms with E-state index in [1.165, 1.54) is 7.11 Å². The van der Waals surface area contributed by atoms with Gasteiger partial charge in [0.25, 0.3) is 5.24 Å². The van der Waals surface area contributed by atoms with Gasteiger partial charge in [-0.1, -0.05) is 26.0 Å². The number of nitrogens with one attached hydrogen (secondary N) is 1. The third kappa shape index (κ3) is 4.23. The maximum Gasteiger partial charge on any atom is 0.328 e. The van der Waals surface area contributed by atoms with Gasteiger partial charge in [-0.3, -0.25) is 4.79 Å². The van der Waals surface area contributed by atoms with Crippen molar-refractivity contribution in [2.45, 2.75) is 25.8 Å². The van der Waals surface area contributed by atoms with Crippen LogP contribution in [0.3, 0.4) is 0 Å². The van der Waals surface area contributed by atoms with E-state index in [2.05, 4.69) is 22.7 Å². The number of carbonyl (C=O) groups excluding carboxylic acids is 2. The molecule has 0 aromatic heterocycles. The van der Waals surface area contributed by atoms with Gasteiger partial charge in [0.15, 0.2) is 0 Å². The van der Waals surface area contributed by atoms with Crippen molar-refractivity contribution in [3.8, 4) is 0 Å². The fourth-order valence-electron chi connectivity index (χ4n) is 0.829. The summed E-state index contributed by atoms with van der Waals surface area (Å²) in [6, 6.07) is -0.565. The molecular formula is C7H13NO3S. The van der Waals surface area contributed by atoms with Crippen LogP contribution in [-0.4, -0.2) is 24.4 Å². The average Bonchev–Trinajstić information content (AvgIpc) is 2.01. The number of rotatable bonds is 4. The Morgan fingerprint density at radius 1 is 1.58 bits per heavy atom. The van der Waals surface area contributed by atoms with E-state index in [1.54, 1.807) is 0 Å². The molecule has 0 spiro atoms. The third-order valence-corrected chi connectivity index (χ3v) is 1.49. The highest BCUT2D eigenvalue weighted by molar-refractivity contribution is 7.96. The minimum absolute atomic E-state index is 0.431. The lowest BCUT2D eigenvalue weighted by Crippen LogP contribution is -2.38. The van der Waals surface area contributed by atoms with Crippen molar-refractivity contribution < 1.29 is 14.3 Å². The first-order chi connectivity index (χ1) is 5.61. The van der Waals surface area contributed by atoms with E-state index in [1.807, 2.05) is 6.92 Å². The topological polar surface area (TPSA) is 55.4 Å². The number of methoxy groups -OCH3 is 1. The van der Waals surface area contributed by atoms with E-state index in [4.69, 9.17) is 0 Å². The molecule has 0 radical (unpaired) electrons. The van der Waals surface area contributed by atoms with Crippen molar-refractivity contribution in [2.24, 2.45) is 0 Å². The van der Waals surface area contributed by atoms with Crippen molar-refractivity contribution in [2.75, 3.05) is 7.11 Å². The minimum atomic E-state index is -0.565. The van der Waals surface area contributed by atoms with E-state index in [0.29, 0.717) is 6.42 Å². The molecule has 0 fully saturated rings. The molecule has 0 bridgehead atoms. The highest BCUT2D eigenvalue weighted by Crippen LogP contribution is 1.99. The molecule has 0 saturated heterocycles. The molecule has 0 rings (SSSR count). The highest BCUT2D eigenvalue weighted by Gasteiger charge is 2.18. The van der Waals surface area contributed by atoms with Crippen LogP contribution < -0.4 is 5.32 Å². The summed E-state index contributed by atoms with van der Waals surface area (Å²) >= 11 is 3.51. The molecule has 1 atom stereocenters. The van der Waals surface area contributed by atoms with E-state index in [9.17, 15) is 9.59 Å². The molecule has 0 aliphatic rings. The molecule has 0 aliphatic heterocycles. The quantitative estimate of drug-likeness (QED) is 0.514. The van der Waals surface area contributed by atoms with Gasteiger partial charge in [-0.05, 0) is 6.42 Å². The molecule has 0 saturated carbocycles. The summed E-state index contributed by atoms with van der Waals surface area (Å²) in [7, 11) is 1.29. The van der Waals surface area contributed by atoms with E-state index >= 15 is 0 Å².